The summed E-state index contributed by atoms with van der Waals surface area (Å²) in [4.78, 5) is 14.8. The average Bonchev–Trinajstić information content (AvgIpc) is 2.87. The first-order chi connectivity index (χ1) is 17.2. The van der Waals surface area contributed by atoms with Crippen LogP contribution < -0.4 is 0 Å². The van der Waals surface area contributed by atoms with Crippen LogP contribution in [-0.4, -0.2) is 68.6 Å². The molecule has 2 aliphatic rings. The van der Waals surface area contributed by atoms with Crippen LogP contribution in [0, 0.1) is 17.3 Å². The number of rotatable bonds is 14. The molecule has 36 heavy (non-hydrogen) atoms. The van der Waals surface area contributed by atoms with Crippen molar-refractivity contribution >= 4 is 6.29 Å². The van der Waals surface area contributed by atoms with E-state index in [1.54, 1.807) is 0 Å². The number of carbonyl (C=O) groups excluding carboxylic acids is 1. The van der Waals surface area contributed by atoms with E-state index in [1.807, 2.05) is 13.8 Å². The second-order valence-corrected chi connectivity index (χ2v) is 11.9. The van der Waals surface area contributed by atoms with Gasteiger partial charge in [-0.05, 0) is 109 Å². The van der Waals surface area contributed by atoms with Crippen LogP contribution in [0.2, 0.25) is 0 Å². The molecule has 4 nitrogen and oxygen atoms in total. The third-order valence-corrected chi connectivity index (χ3v) is 8.00. The van der Waals surface area contributed by atoms with E-state index in [0.29, 0.717) is 23.4 Å². The van der Waals surface area contributed by atoms with Gasteiger partial charge in [0.05, 0.1) is 6.10 Å². The van der Waals surface area contributed by atoms with Crippen molar-refractivity contribution < 1.29 is 9.53 Å². The van der Waals surface area contributed by atoms with Crippen LogP contribution >= 0.6 is 0 Å². The molecule has 3 atom stereocenters. The summed E-state index contributed by atoms with van der Waals surface area (Å²) >= 11 is 0. The summed E-state index contributed by atoms with van der Waals surface area (Å²) in [5, 5.41) is 0. The lowest BCUT2D eigenvalue weighted by Gasteiger charge is -2.38. The Kier molecular flexibility index (Phi) is 20.8. The van der Waals surface area contributed by atoms with Crippen molar-refractivity contribution in [2.24, 2.45) is 17.3 Å². The molecule has 3 unspecified atom stereocenters. The maximum Gasteiger partial charge on any atom is 0.119 e. The molecule has 4 heteroatoms. The van der Waals surface area contributed by atoms with Crippen molar-refractivity contribution in [2.75, 3.05) is 40.3 Å². The summed E-state index contributed by atoms with van der Waals surface area (Å²) in [6, 6.07) is 0.825. The largest absolute Gasteiger partial charge is 0.378 e. The molecule has 0 radical (unpaired) electrons. The molecule has 0 saturated heterocycles. The van der Waals surface area contributed by atoms with E-state index in [1.165, 1.54) is 57.9 Å². The van der Waals surface area contributed by atoms with Gasteiger partial charge in [-0.25, -0.2) is 0 Å². The lowest BCUT2D eigenvalue weighted by atomic mass is 9.75. The quantitative estimate of drug-likeness (QED) is 0.135. The number of allylic oxidation sites excluding steroid dienone is 1. The van der Waals surface area contributed by atoms with E-state index in [4.69, 9.17) is 4.74 Å². The normalized spacial score (nSPS) is 23.6. The fourth-order valence-electron chi connectivity index (χ4n) is 5.02. The molecular weight excluding hydrogens is 444 g/mol. The molecule has 0 bridgehead atoms. The molecule has 1 saturated carbocycles. The van der Waals surface area contributed by atoms with Crippen LogP contribution in [0.25, 0.3) is 0 Å². The zero-order valence-corrected chi connectivity index (χ0v) is 25.9. The van der Waals surface area contributed by atoms with Crippen molar-refractivity contribution in [2.45, 2.75) is 131 Å². The summed E-state index contributed by atoms with van der Waals surface area (Å²) in [6.07, 6.45) is 19.6. The lowest BCUT2D eigenvalue weighted by Crippen LogP contribution is -2.37. The maximum atomic E-state index is 9.91. The SMILES string of the molecule is CC.CC1C=CC(C)C(OCCCCCN(C)C2CCC(C)(C)CC2)C1.CCN(C)CCCCC=O. The summed E-state index contributed by atoms with van der Waals surface area (Å²) in [5.41, 5.74) is 0.581. The number of carbonyl (C=O) groups is 1. The van der Waals surface area contributed by atoms with Crippen LogP contribution in [0.3, 0.4) is 0 Å². The molecule has 0 amide bonds. The van der Waals surface area contributed by atoms with E-state index in [-0.39, 0.29) is 0 Å². The van der Waals surface area contributed by atoms with Gasteiger partial charge >= 0.3 is 0 Å². The molecule has 2 rings (SSSR count). The molecule has 214 valence electrons. The summed E-state index contributed by atoms with van der Waals surface area (Å²) in [6.45, 7) is 20.0. The standard InChI is InChI=1S/C22H41NO.C8H17NO.C2H6/c1-18-9-10-19(2)21(17-18)24-16-8-6-7-15-23(5)20-11-13-22(3,4)14-12-20;1-3-9(2)7-5-4-6-8-10;1-2/h9-10,18-21H,6-8,11-17H2,1-5H3;8H,3-7H2,1-2H3;1-2H3. The van der Waals surface area contributed by atoms with Gasteiger partial charge in [-0.2, -0.15) is 0 Å². The molecule has 0 aromatic heterocycles. The van der Waals surface area contributed by atoms with Gasteiger partial charge in [-0.15, -0.1) is 0 Å². The van der Waals surface area contributed by atoms with Crippen molar-refractivity contribution in [3.05, 3.63) is 12.2 Å². The second kappa shape index (κ2) is 21.2. The average molecular weight is 509 g/mol. The zero-order chi connectivity index (χ0) is 27.4. The Hall–Kier alpha value is -0.710. The van der Waals surface area contributed by atoms with Gasteiger partial charge < -0.3 is 19.3 Å². The predicted molar refractivity (Wildman–Crippen MR) is 159 cm³/mol. The Morgan fingerprint density at radius 1 is 0.944 bits per heavy atom. The van der Waals surface area contributed by atoms with Gasteiger partial charge in [0, 0.05) is 25.0 Å². The molecule has 0 aromatic rings. The van der Waals surface area contributed by atoms with Crippen LogP contribution in [0.15, 0.2) is 12.2 Å². The highest BCUT2D eigenvalue weighted by Crippen LogP contribution is 2.36. The Balaban J connectivity index is 0.000000861. The minimum atomic E-state index is 0.443. The topological polar surface area (TPSA) is 32.8 Å². The minimum absolute atomic E-state index is 0.443. The van der Waals surface area contributed by atoms with Crippen LogP contribution in [0.4, 0.5) is 0 Å². The predicted octanol–water partition coefficient (Wildman–Crippen LogP) is 8.01. The van der Waals surface area contributed by atoms with Gasteiger partial charge in [0.25, 0.3) is 0 Å². The summed E-state index contributed by atoms with van der Waals surface area (Å²) in [7, 11) is 4.43. The van der Waals surface area contributed by atoms with Crippen LogP contribution in [-0.2, 0) is 9.53 Å². The highest BCUT2D eigenvalue weighted by atomic mass is 16.5. The molecule has 0 N–H and O–H groups in total. The summed E-state index contributed by atoms with van der Waals surface area (Å²) in [5.74, 6) is 1.27. The molecule has 1 fully saturated rings. The fourth-order valence-corrected chi connectivity index (χ4v) is 5.02. The number of ether oxygens (including phenoxy) is 1. The van der Waals surface area contributed by atoms with E-state index in [2.05, 4.69) is 70.7 Å². The van der Waals surface area contributed by atoms with E-state index < -0.39 is 0 Å². The van der Waals surface area contributed by atoms with E-state index >= 15 is 0 Å². The minimum Gasteiger partial charge on any atom is -0.378 e. The first-order valence-corrected chi connectivity index (χ1v) is 15.3. The first-order valence-electron chi connectivity index (χ1n) is 15.3. The smallest absolute Gasteiger partial charge is 0.119 e. The maximum absolute atomic E-state index is 9.91. The van der Waals surface area contributed by atoms with Crippen molar-refractivity contribution in [1.29, 1.82) is 0 Å². The Morgan fingerprint density at radius 2 is 1.58 bits per heavy atom. The number of nitrogens with zero attached hydrogens (tertiary/aromatic N) is 2. The highest BCUT2D eigenvalue weighted by Gasteiger charge is 2.28. The first kappa shape index (κ1) is 35.3. The Labute approximate surface area is 226 Å². The highest BCUT2D eigenvalue weighted by molar-refractivity contribution is 5.48. The van der Waals surface area contributed by atoms with E-state index in [0.717, 1.165) is 51.3 Å². The fraction of sp³-hybridized carbons (Fsp3) is 0.906. The third-order valence-electron chi connectivity index (χ3n) is 8.00. The van der Waals surface area contributed by atoms with Crippen molar-refractivity contribution in [1.82, 2.24) is 9.80 Å². The Bertz CT molecular complexity index is 538. The lowest BCUT2D eigenvalue weighted by molar-refractivity contribution is -0.107. The number of hydrogen-bond donors (Lipinski definition) is 0. The van der Waals surface area contributed by atoms with E-state index in [9.17, 15) is 4.79 Å². The van der Waals surface area contributed by atoms with Crippen molar-refractivity contribution in [3.8, 4) is 0 Å². The second-order valence-electron chi connectivity index (χ2n) is 11.9. The van der Waals surface area contributed by atoms with Gasteiger partial charge in [-0.1, -0.05) is 60.6 Å². The molecule has 0 aliphatic heterocycles. The van der Waals surface area contributed by atoms with Gasteiger partial charge in [0.15, 0.2) is 0 Å². The third kappa shape index (κ3) is 16.9. The molecular formula is C32H64N2O2. The van der Waals surface area contributed by atoms with Crippen LogP contribution in [0.5, 0.6) is 0 Å². The number of hydrogen-bond acceptors (Lipinski definition) is 4. The molecule has 2 aliphatic carbocycles. The monoisotopic (exact) mass is 508 g/mol. The zero-order valence-electron chi connectivity index (χ0n) is 25.9. The summed E-state index contributed by atoms with van der Waals surface area (Å²) < 4.78 is 6.15. The van der Waals surface area contributed by atoms with Crippen LogP contribution in [0.1, 0.15) is 119 Å². The number of aldehydes is 1. The molecule has 0 aromatic carbocycles. The molecule has 0 spiro atoms. The van der Waals surface area contributed by atoms with Gasteiger partial charge in [-0.3, -0.25) is 0 Å². The molecule has 0 heterocycles. The van der Waals surface area contributed by atoms with Crippen molar-refractivity contribution in [3.63, 3.8) is 0 Å². The van der Waals surface area contributed by atoms with Gasteiger partial charge in [0.1, 0.15) is 6.29 Å². The Morgan fingerprint density at radius 3 is 2.19 bits per heavy atom. The number of unbranched alkanes of at least 4 members (excludes halogenated alkanes) is 4. The van der Waals surface area contributed by atoms with Gasteiger partial charge in [0.2, 0.25) is 0 Å².